The zero-order valence-electron chi connectivity index (χ0n) is 17.3. The van der Waals surface area contributed by atoms with Crippen molar-refractivity contribution in [3.8, 4) is 40.1 Å². The van der Waals surface area contributed by atoms with E-state index in [4.69, 9.17) is 9.15 Å². The molecule has 178 valence electrons. The average molecular weight is 486 g/mol. The first kappa shape index (κ1) is 22.1. The molecule has 1 aliphatic heterocycles. The van der Waals surface area contributed by atoms with E-state index in [1.807, 2.05) is 0 Å². The number of fused-ring (bicyclic) bond motifs is 3. The van der Waals surface area contributed by atoms with Crippen molar-refractivity contribution >= 4 is 16.9 Å². The van der Waals surface area contributed by atoms with Crippen molar-refractivity contribution in [2.24, 2.45) is 0 Å². The molecule has 0 unspecified atom stereocenters. The van der Waals surface area contributed by atoms with E-state index >= 15 is 0 Å². The number of hydrogen-bond acceptors (Lipinski definition) is 8. The molecule has 0 saturated carbocycles. The zero-order valence-corrected chi connectivity index (χ0v) is 17.3. The number of hydrogen-bond donors (Lipinski definition) is 4. The van der Waals surface area contributed by atoms with Crippen LogP contribution in [0.25, 0.3) is 22.3 Å². The highest BCUT2D eigenvalue weighted by molar-refractivity contribution is 5.94. The van der Waals surface area contributed by atoms with Crippen LogP contribution in [0.3, 0.4) is 0 Å². The average Bonchev–Trinajstić information content (AvgIpc) is 2.80. The Balaban J connectivity index is 1.86. The summed E-state index contributed by atoms with van der Waals surface area (Å²) < 4.78 is 52.4. The molecule has 11 heteroatoms. The molecule has 1 atom stereocenters. The van der Waals surface area contributed by atoms with E-state index < -0.39 is 75.3 Å². The van der Waals surface area contributed by atoms with E-state index in [0.29, 0.717) is 12.1 Å². The van der Waals surface area contributed by atoms with Crippen LogP contribution in [-0.4, -0.2) is 26.4 Å². The SMILES string of the molecule is O=C1C[C@@H](c2cc(F)c(F)c(F)c2)c2c(cc(O)c3c(=O)c(O)c(-c4ccc(O)c(O)c4)oc23)O1. The fourth-order valence-electron chi connectivity index (χ4n) is 4.10. The largest absolute Gasteiger partial charge is 0.507 e. The molecule has 2 heterocycles. The molecule has 0 spiro atoms. The Bertz CT molecular complexity index is 1600. The highest BCUT2D eigenvalue weighted by atomic mass is 19.2. The number of esters is 1. The second-order valence-electron chi connectivity index (χ2n) is 7.85. The first-order chi connectivity index (χ1) is 16.6. The lowest BCUT2D eigenvalue weighted by Gasteiger charge is -2.26. The van der Waals surface area contributed by atoms with Gasteiger partial charge in [-0.1, -0.05) is 0 Å². The molecule has 1 aromatic heterocycles. The van der Waals surface area contributed by atoms with Crippen LogP contribution >= 0.6 is 0 Å². The van der Waals surface area contributed by atoms with Gasteiger partial charge in [0.1, 0.15) is 22.5 Å². The second kappa shape index (κ2) is 7.69. The lowest BCUT2D eigenvalue weighted by atomic mass is 9.85. The summed E-state index contributed by atoms with van der Waals surface area (Å²) in [6.45, 7) is 0. The van der Waals surface area contributed by atoms with E-state index in [1.54, 1.807) is 0 Å². The normalized spacial score (nSPS) is 15.2. The molecular formula is C24H13F3O8. The van der Waals surface area contributed by atoms with Gasteiger partial charge < -0.3 is 29.6 Å². The molecule has 0 bridgehead atoms. The fourth-order valence-corrected chi connectivity index (χ4v) is 4.10. The monoisotopic (exact) mass is 486 g/mol. The van der Waals surface area contributed by atoms with Gasteiger partial charge in [-0.25, -0.2) is 13.2 Å². The molecule has 35 heavy (non-hydrogen) atoms. The number of carbonyl (C=O) groups is 1. The van der Waals surface area contributed by atoms with Gasteiger partial charge >= 0.3 is 5.97 Å². The van der Waals surface area contributed by atoms with Crippen LogP contribution in [-0.2, 0) is 4.79 Å². The molecule has 4 aromatic rings. The Kier molecular flexibility index (Phi) is 4.86. The van der Waals surface area contributed by atoms with Crippen LogP contribution in [0, 0.1) is 17.5 Å². The van der Waals surface area contributed by atoms with Crippen molar-refractivity contribution in [1.82, 2.24) is 0 Å². The minimum atomic E-state index is -1.71. The lowest BCUT2D eigenvalue weighted by molar-refractivity contribution is -0.135. The summed E-state index contributed by atoms with van der Waals surface area (Å²) in [5, 5.41) is 39.8. The van der Waals surface area contributed by atoms with E-state index in [2.05, 4.69) is 0 Å². The first-order valence-electron chi connectivity index (χ1n) is 10.00. The summed E-state index contributed by atoms with van der Waals surface area (Å²) in [5.74, 6) is -10.3. The van der Waals surface area contributed by atoms with Crippen molar-refractivity contribution in [2.75, 3.05) is 0 Å². The molecule has 3 aromatic carbocycles. The van der Waals surface area contributed by atoms with Crippen LogP contribution in [0.5, 0.6) is 28.7 Å². The van der Waals surface area contributed by atoms with Gasteiger partial charge in [0.25, 0.3) is 0 Å². The number of aromatic hydroxyl groups is 4. The summed E-state index contributed by atoms with van der Waals surface area (Å²) in [6, 6.07) is 5.57. The molecule has 0 saturated heterocycles. The summed E-state index contributed by atoms with van der Waals surface area (Å²) in [4.78, 5) is 25.2. The van der Waals surface area contributed by atoms with Crippen LogP contribution in [0.15, 0.2) is 45.6 Å². The molecule has 0 radical (unpaired) electrons. The maximum absolute atomic E-state index is 14.0. The minimum Gasteiger partial charge on any atom is -0.507 e. The van der Waals surface area contributed by atoms with Crippen LogP contribution in [0.1, 0.15) is 23.5 Å². The van der Waals surface area contributed by atoms with Gasteiger partial charge in [-0.3, -0.25) is 9.59 Å². The van der Waals surface area contributed by atoms with E-state index in [9.17, 15) is 43.2 Å². The van der Waals surface area contributed by atoms with E-state index in [0.717, 1.165) is 18.2 Å². The molecule has 0 fully saturated rings. The summed E-state index contributed by atoms with van der Waals surface area (Å²) >= 11 is 0. The quantitative estimate of drug-likeness (QED) is 0.144. The maximum Gasteiger partial charge on any atom is 0.312 e. The molecule has 8 nitrogen and oxygen atoms in total. The van der Waals surface area contributed by atoms with Crippen molar-refractivity contribution in [2.45, 2.75) is 12.3 Å². The van der Waals surface area contributed by atoms with Crippen molar-refractivity contribution in [3.63, 3.8) is 0 Å². The number of benzene rings is 3. The Hall–Kier alpha value is -4.67. The van der Waals surface area contributed by atoms with Gasteiger partial charge in [0.05, 0.1) is 6.42 Å². The standard InChI is InChI=1S/C24H13F3O8/c25-11-3-9(4-12(26)20(11)27)10-6-17(31)34-16-7-15(30)19-21(32)22(33)23(35-24(19)18(10)16)8-1-2-13(28)14(29)5-8/h1-5,7,10,28-30,33H,6H2/t10-/m0/s1. The van der Waals surface area contributed by atoms with Crippen molar-refractivity contribution in [1.29, 1.82) is 0 Å². The Morgan fingerprint density at radius 2 is 1.54 bits per heavy atom. The summed E-state index contributed by atoms with van der Waals surface area (Å²) in [7, 11) is 0. The van der Waals surface area contributed by atoms with Gasteiger partial charge in [-0.05, 0) is 35.9 Å². The number of ether oxygens (including phenoxy) is 1. The molecule has 4 N–H and O–H groups in total. The van der Waals surface area contributed by atoms with Gasteiger partial charge in [-0.2, -0.15) is 0 Å². The molecule has 0 amide bonds. The highest BCUT2D eigenvalue weighted by Crippen LogP contribution is 2.47. The number of carbonyl (C=O) groups excluding carboxylic acids is 1. The number of rotatable bonds is 2. The predicted octanol–water partition coefficient (Wildman–Crippen LogP) is 4.14. The molecule has 1 aliphatic rings. The number of phenols is 3. The summed E-state index contributed by atoms with van der Waals surface area (Å²) in [6.07, 6.45) is -0.475. The second-order valence-corrected chi connectivity index (χ2v) is 7.85. The van der Waals surface area contributed by atoms with E-state index in [1.165, 1.54) is 6.07 Å². The lowest BCUT2D eigenvalue weighted by Crippen LogP contribution is -2.22. The van der Waals surface area contributed by atoms with Crippen molar-refractivity contribution < 1.29 is 47.5 Å². The number of halogens is 3. The summed E-state index contributed by atoms with van der Waals surface area (Å²) in [5.41, 5.74) is -1.76. The van der Waals surface area contributed by atoms with Gasteiger partial charge in [0.15, 0.2) is 34.7 Å². The highest BCUT2D eigenvalue weighted by Gasteiger charge is 2.35. The zero-order chi connectivity index (χ0) is 25.2. The third-order valence-electron chi connectivity index (χ3n) is 5.71. The topological polar surface area (TPSA) is 137 Å². The molecule has 5 rings (SSSR count). The van der Waals surface area contributed by atoms with Gasteiger partial charge in [-0.15, -0.1) is 0 Å². The van der Waals surface area contributed by atoms with Gasteiger partial charge in [0.2, 0.25) is 11.2 Å². The number of phenolic OH excluding ortho intramolecular Hbond substituents is 3. The van der Waals surface area contributed by atoms with Crippen LogP contribution in [0.2, 0.25) is 0 Å². The van der Waals surface area contributed by atoms with Crippen LogP contribution < -0.4 is 10.2 Å². The maximum atomic E-state index is 14.0. The Morgan fingerprint density at radius 3 is 2.20 bits per heavy atom. The van der Waals surface area contributed by atoms with E-state index in [-0.39, 0.29) is 28.0 Å². The Morgan fingerprint density at radius 1 is 0.857 bits per heavy atom. The molecular weight excluding hydrogens is 473 g/mol. The molecule has 0 aliphatic carbocycles. The van der Waals surface area contributed by atoms with Gasteiger partial charge in [0, 0.05) is 23.1 Å². The third-order valence-corrected chi connectivity index (χ3v) is 5.71. The smallest absolute Gasteiger partial charge is 0.312 e. The third kappa shape index (κ3) is 3.39. The first-order valence-corrected chi connectivity index (χ1v) is 10.00. The van der Waals surface area contributed by atoms with Crippen molar-refractivity contribution in [3.05, 3.63) is 75.2 Å². The van der Waals surface area contributed by atoms with Crippen LogP contribution in [0.4, 0.5) is 13.2 Å². The Labute approximate surface area is 192 Å². The minimum absolute atomic E-state index is 0.0443. The predicted molar refractivity (Wildman–Crippen MR) is 113 cm³/mol. The fraction of sp³-hybridized carbons (Fsp3) is 0.0833.